The molecule has 2 saturated heterocycles. The number of methoxy groups -OCH3 is 1. The minimum Gasteiger partial charge on any atom is -0.461 e. The number of hydrogen-bond donors (Lipinski definition) is 0. The number of carbonyl (C=O) groups is 1. The first kappa shape index (κ1) is 33.3. The van der Waals surface area contributed by atoms with Crippen LogP contribution in [0, 0.1) is 17.1 Å². The Hall–Kier alpha value is -4.03. The molecule has 2 fully saturated rings. The highest BCUT2D eigenvalue weighted by Gasteiger charge is 2.42. The van der Waals surface area contributed by atoms with Crippen molar-refractivity contribution in [2.24, 2.45) is 0 Å². The van der Waals surface area contributed by atoms with Crippen LogP contribution < -0.4 is 14.5 Å². The summed E-state index contributed by atoms with van der Waals surface area (Å²) in [5.74, 6) is -2.91. The zero-order chi connectivity index (χ0) is 33.2. The molecule has 1 aromatic carbocycles. The van der Waals surface area contributed by atoms with Crippen LogP contribution in [-0.4, -0.2) is 97.4 Å². The van der Waals surface area contributed by atoms with Crippen molar-refractivity contribution in [2.75, 3.05) is 69.9 Å². The first-order valence-electron chi connectivity index (χ1n) is 15.0. The number of piperazine rings is 1. The van der Waals surface area contributed by atoms with Crippen molar-refractivity contribution >= 4 is 17.4 Å². The maximum Gasteiger partial charge on any atom is 0.421 e. The predicted molar refractivity (Wildman–Crippen MR) is 158 cm³/mol. The molecule has 0 saturated carbocycles. The molecule has 0 unspecified atom stereocenters. The molecular weight excluding hydrogens is 613 g/mol. The second-order valence-corrected chi connectivity index (χ2v) is 11.9. The zero-order valence-electron chi connectivity index (χ0n) is 25.7. The molecule has 3 aliphatic heterocycles. The van der Waals surface area contributed by atoms with Crippen molar-refractivity contribution in [2.45, 2.75) is 50.0 Å². The molecule has 0 N–H and O–H groups in total. The minimum atomic E-state index is -4.91. The summed E-state index contributed by atoms with van der Waals surface area (Å²) in [6.45, 7) is 5.09. The third kappa shape index (κ3) is 6.59. The number of amides is 1. The van der Waals surface area contributed by atoms with E-state index in [2.05, 4.69) is 16.5 Å². The number of alkyl halides is 3. The van der Waals surface area contributed by atoms with Crippen molar-refractivity contribution in [3.8, 4) is 12.1 Å². The van der Waals surface area contributed by atoms with Crippen LogP contribution in [0.25, 0.3) is 0 Å². The van der Waals surface area contributed by atoms with Crippen LogP contribution in [0.15, 0.2) is 30.6 Å². The molecule has 10 nitrogen and oxygen atoms in total. The van der Waals surface area contributed by atoms with Crippen LogP contribution in [0.3, 0.4) is 0 Å². The molecule has 2 atom stereocenters. The zero-order valence-corrected chi connectivity index (χ0v) is 25.7. The minimum absolute atomic E-state index is 0.00846. The Kier molecular flexibility index (Phi) is 9.69. The van der Waals surface area contributed by atoms with Gasteiger partial charge in [0.15, 0.2) is 5.83 Å². The van der Waals surface area contributed by atoms with Gasteiger partial charge in [0.25, 0.3) is 5.91 Å². The van der Waals surface area contributed by atoms with Gasteiger partial charge in [0.1, 0.15) is 23.8 Å². The number of rotatable bonds is 9. The fraction of sp³-hybridized carbons (Fsp3) is 0.548. The largest absolute Gasteiger partial charge is 0.461 e. The van der Waals surface area contributed by atoms with E-state index in [4.69, 9.17) is 14.5 Å². The third-order valence-electron chi connectivity index (χ3n) is 9.07. The molecule has 3 aliphatic rings. The Labute approximate surface area is 264 Å². The van der Waals surface area contributed by atoms with E-state index in [1.165, 1.54) is 21.9 Å². The van der Waals surface area contributed by atoms with E-state index in [0.717, 1.165) is 25.5 Å². The molecule has 1 amide bonds. The summed E-state index contributed by atoms with van der Waals surface area (Å²) in [5.41, 5.74) is -0.980. The van der Waals surface area contributed by atoms with Crippen LogP contribution >= 0.6 is 0 Å². The second-order valence-electron chi connectivity index (χ2n) is 11.9. The van der Waals surface area contributed by atoms with Crippen LogP contribution in [0.4, 0.5) is 33.5 Å². The van der Waals surface area contributed by atoms with Crippen molar-refractivity contribution in [3.63, 3.8) is 0 Å². The average Bonchev–Trinajstić information content (AvgIpc) is 3.37. The summed E-state index contributed by atoms with van der Waals surface area (Å²) < 4.78 is 81.8. The first-order valence-corrected chi connectivity index (χ1v) is 15.0. The molecule has 2 aromatic rings. The van der Waals surface area contributed by atoms with Gasteiger partial charge in [0.2, 0.25) is 0 Å². The number of fused-ring (bicyclic) bond motifs is 1. The van der Waals surface area contributed by atoms with Crippen LogP contribution in [0.2, 0.25) is 0 Å². The highest BCUT2D eigenvalue weighted by Crippen LogP contribution is 2.41. The Morgan fingerprint density at radius 2 is 1.96 bits per heavy atom. The SMILES string of the molecule is C=C(F)C(=O)N1CCN(c2nc(OC[C@@]3(COC)CCCN3C)nc3c2CCN(c2cccc(F)c2C(F)(F)F)C3)C[C@@H]1CC#N. The molecule has 5 rings (SSSR count). The second kappa shape index (κ2) is 13.4. The lowest BCUT2D eigenvalue weighted by Gasteiger charge is -2.42. The molecule has 0 radical (unpaired) electrons. The fourth-order valence-electron chi connectivity index (χ4n) is 6.68. The summed E-state index contributed by atoms with van der Waals surface area (Å²) >= 11 is 0. The number of benzene rings is 1. The number of likely N-dealkylation sites (N-methyl/N-ethyl adjacent to an activating group) is 1. The van der Waals surface area contributed by atoms with Gasteiger partial charge in [-0.25, -0.2) is 8.78 Å². The number of aromatic nitrogens is 2. The molecule has 46 heavy (non-hydrogen) atoms. The number of carbonyl (C=O) groups excluding carboxylic acids is 1. The van der Waals surface area contributed by atoms with Gasteiger partial charge in [-0.05, 0) is 45.0 Å². The molecule has 1 aromatic heterocycles. The van der Waals surface area contributed by atoms with Gasteiger partial charge >= 0.3 is 12.2 Å². The summed E-state index contributed by atoms with van der Waals surface area (Å²) in [6.07, 6.45) is -2.98. The van der Waals surface area contributed by atoms with Gasteiger partial charge in [-0.15, -0.1) is 0 Å². The van der Waals surface area contributed by atoms with Gasteiger partial charge in [0, 0.05) is 38.9 Å². The van der Waals surface area contributed by atoms with E-state index >= 15 is 0 Å². The average molecular weight is 650 g/mol. The van der Waals surface area contributed by atoms with Crippen LogP contribution in [0.5, 0.6) is 6.01 Å². The van der Waals surface area contributed by atoms with E-state index in [-0.39, 0.29) is 63.9 Å². The normalized spacial score (nSPS) is 22.0. The van der Waals surface area contributed by atoms with Crippen molar-refractivity contribution < 1.29 is 36.2 Å². The number of ether oxygens (including phenoxy) is 2. The molecule has 0 bridgehead atoms. The number of nitriles is 1. The molecular formula is C31H36F5N7O3. The number of hydrogen-bond acceptors (Lipinski definition) is 9. The Bertz CT molecular complexity index is 1520. The van der Waals surface area contributed by atoms with E-state index in [1.807, 2.05) is 18.0 Å². The smallest absolute Gasteiger partial charge is 0.421 e. The summed E-state index contributed by atoms with van der Waals surface area (Å²) in [4.78, 5) is 28.6. The molecule has 0 spiro atoms. The van der Waals surface area contributed by atoms with Crippen molar-refractivity contribution in [1.82, 2.24) is 19.8 Å². The monoisotopic (exact) mass is 649 g/mol. The standard InChI is InChI=1S/C31H36F5N7O3/c1-20(32)28(44)43-15-14-42(16-21(43)8-11-37)27-22-9-13-41(25-7-4-6-23(33)26(25)31(34,35)36)17-24(22)38-29(39-27)46-19-30(18-45-3)10-5-12-40(30)2/h4,6-7,21H,1,5,8-10,12-19H2,2-3H3/t21-,30-/m0/s1. The lowest BCUT2D eigenvalue weighted by atomic mass is 9.99. The lowest BCUT2D eigenvalue weighted by Crippen LogP contribution is -2.56. The highest BCUT2D eigenvalue weighted by molar-refractivity contribution is 5.91. The maximum absolute atomic E-state index is 14.5. The molecule has 15 heteroatoms. The molecule has 248 valence electrons. The van der Waals surface area contributed by atoms with Crippen molar-refractivity contribution in [3.05, 3.63) is 53.2 Å². The number of likely N-dealkylation sites (tertiary alicyclic amines) is 1. The lowest BCUT2D eigenvalue weighted by molar-refractivity contribution is -0.139. The third-order valence-corrected chi connectivity index (χ3v) is 9.07. The Balaban J connectivity index is 1.51. The molecule has 0 aliphatic carbocycles. The first-order chi connectivity index (χ1) is 21.9. The predicted octanol–water partition coefficient (Wildman–Crippen LogP) is 4.10. The van der Waals surface area contributed by atoms with E-state index in [1.54, 1.807) is 7.11 Å². The summed E-state index contributed by atoms with van der Waals surface area (Å²) in [5, 5.41) is 9.45. The van der Waals surface area contributed by atoms with Gasteiger partial charge in [-0.2, -0.15) is 28.4 Å². The van der Waals surface area contributed by atoms with Gasteiger partial charge in [-0.1, -0.05) is 12.6 Å². The number of anilines is 2. The van der Waals surface area contributed by atoms with Crippen LogP contribution in [-0.2, 0) is 28.7 Å². The highest BCUT2D eigenvalue weighted by atomic mass is 19.4. The van der Waals surface area contributed by atoms with E-state index in [0.29, 0.717) is 23.7 Å². The Morgan fingerprint density at radius 3 is 2.61 bits per heavy atom. The maximum atomic E-state index is 14.5. The van der Waals surface area contributed by atoms with E-state index < -0.39 is 40.9 Å². The molecule has 4 heterocycles. The van der Waals surface area contributed by atoms with Gasteiger partial charge in [0.05, 0.1) is 48.6 Å². The van der Waals surface area contributed by atoms with Gasteiger partial charge in [-0.3, -0.25) is 9.69 Å². The number of halogens is 5. The van der Waals surface area contributed by atoms with Crippen LogP contribution in [0.1, 0.15) is 36.1 Å². The fourth-order valence-corrected chi connectivity index (χ4v) is 6.68. The Morgan fingerprint density at radius 1 is 1.17 bits per heavy atom. The quantitative estimate of drug-likeness (QED) is 0.294. The van der Waals surface area contributed by atoms with Gasteiger partial charge < -0.3 is 24.2 Å². The number of nitrogens with zero attached hydrogens (tertiary/aromatic N) is 7. The van der Waals surface area contributed by atoms with Crippen molar-refractivity contribution in [1.29, 1.82) is 5.26 Å². The topological polar surface area (TPSA) is 98.1 Å². The summed E-state index contributed by atoms with van der Waals surface area (Å²) in [7, 11) is 3.59. The van der Waals surface area contributed by atoms with E-state index in [9.17, 15) is 32.0 Å². The summed E-state index contributed by atoms with van der Waals surface area (Å²) in [6, 6.07) is 4.66.